The zero-order valence-corrected chi connectivity index (χ0v) is 9.01. The quantitative estimate of drug-likeness (QED) is 0.664. The van der Waals surface area contributed by atoms with E-state index < -0.39 is 0 Å². The Hall–Kier alpha value is -0.0800. The van der Waals surface area contributed by atoms with Crippen molar-refractivity contribution >= 4 is 0 Å². The first kappa shape index (κ1) is 11.0. The van der Waals surface area contributed by atoms with Gasteiger partial charge in [-0.15, -0.1) is 0 Å². The summed E-state index contributed by atoms with van der Waals surface area (Å²) in [5, 5.41) is 3.43. The fraction of sp³-hybridized carbons (Fsp3) is 1.00. The van der Waals surface area contributed by atoms with Crippen LogP contribution in [0.25, 0.3) is 0 Å². The van der Waals surface area contributed by atoms with Crippen molar-refractivity contribution in [1.82, 2.24) is 5.32 Å². The maximum absolute atomic E-state index is 5.82. The summed E-state index contributed by atoms with van der Waals surface area (Å²) in [7, 11) is 0. The second kappa shape index (κ2) is 6.39. The maximum atomic E-state index is 5.82. The topological polar surface area (TPSA) is 21.3 Å². The third kappa shape index (κ3) is 4.63. The predicted octanol–water partition coefficient (Wildman–Crippen LogP) is 2.33. The molecule has 2 atom stereocenters. The molecule has 1 N–H and O–H groups in total. The molecule has 0 amide bonds. The third-order valence-electron chi connectivity index (χ3n) is 2.68. The van der Waals surface area contributed by atoms with Gasteiger partial charge in [-0.2, -0.15) is 0 Å². The second-order valence-electron chi connectivity index (χ2n) is 4.08. The molecule has 0 bridgehead atoms. The molecule has 1 aliphatic heterocycles. The van der Waals surface area contributed by atoms with E-state index in [2.05, 4.69) is 19.2 Å². The number of unbranched alkanes of at least 4 members (excludes halogenated alkanes) is 2. The van der Waals surface area contributed by atoms with Crippen LogP contribution < -0.4 is 5.32 Å². The number of hydrogen-bond donors (Lipinski definition) is 1. The molecule has 0 aliphatic carbocycles. The Balaban J connectivity index is 2.00. The van der Waals surface area contributed by atoms with E-state index in [1.54, 1.807) is 0 Å². The van der Waals surface area contributed by atoms with Gasteiger partial charge >= 0.3 is 0 Å². The van der Waals surface area contributed by atoms with Crippen molar-refractivity contribution in [3.05, 3.63) is 0 Å². The van der Waals surface area contributed by atoms with Crippen molar-refractivity contribution in [2.45, 2.75) is 58.1 Å². The molecule has 2 nitrogen and oxygen atoms in total. The minimum Gasteiger partial charge on any atom is -0.378 e. The van der Waals surface area contributed by atoms with E-state index in [1.165, 1.54) is 32.1 Å². The van der Waals surface area contributed by atoms with Crippen LogP contribution in [-0.4, -0.2) is 25.3 Å². The fourth-order valence-electron chi connectivity index (χ4n) is 1.84. The van der Waals surface area contributed by atoms with Gasteiger partial charge in [-0.1, -0.05) is 19.8 Å². The number of nitrogens with one attached hydrogen (secondary N) is 1. The first-order chi connectivity index (χ1) is 6.33. The lowest BCUT2D eigenvalue weighted by atomic mass is 10.0. The molecule has 0 spiro atoms. The maximum Gasteiger partial charge on any atom is 0.0602 e. The highest BCUT2D eigenvalue weighted by atomic mass is 16.5. The Morgan fingerprint density at radius 2 is 2.23 bits per heavy atom. The molecule has 0 radical (unpaired) electrons. The number of piperidine rings is 1. The lowest BCUT2D eigenvalue weighted by molar-refractivity contribution is 0.0220. The van der Waals surface area contributed by atoms with Gasteiger partial charge in [0, 0.05) is 12.6 Å². The van der Waals surface area contributed by atoms with Crippen LogP contribution in [0.2, 0.25) is 0 Å². The number of hydrogen-bond acceptors (Lipinski definition) is 2. The Labute approximate surface area is 82.0 Å². The average molecular weight is 185 g/mol. The van der Waals surface area contributed by atoms with Crippen LogP contribution in [0.5, 0.6) is 0 Å². The molecule has 0 saturated carbocycles. The van der Waals surface area contributed by atoms with Crippen molar-refractivity contribution in [2.24, 2.45) is 0 Å². The summed E-state index contributed by atoms with van der Waals surface area (Å²) in [5.41, 5.74) is 0. The second-order valence-corrected chi connectivity index (χ2v) is 4.08. The van der Waals surface area contributed by atoms with Gasteiger partial charge in [0.25, 0.3) is 0 Å². The van der Waals surface area contributed by atoms with Crippen LogP contribution >= 0.6 is 0 Å². The Bertz CT molecular complexity index is 127. The highest BCUT2D eigenvalue weighted by Crippen LogP contribution is 2.12. The van der Waals surface area contributed by atoms with Crippen molar-refractivity contribution < 1.29 is 4.74 Å². The van der Waals surface area contributed by atoms with Crippen LogP contribution in [0.3, 0.4) is 0 Å². The van der Waals surface area contributed by atoms with Gasteiger partial charge < -0.3 is 10.1 Å². The zero-order valence-electron chi connectivity index (χ0n) is 9.01. The summed E-state index contributed by atoms with van der Waals surface area (Å²) in [6, 6.07) is 0.643. The first-order valence-corrected chi connectivity index (χ1v) is 5.68. The fourth-order valence-corrected chi connectivity index (χ4v) is 1.84. The third-order valence-corrected chi connectivity index (χ3v) is 2.68. The summed E-state index contributed by atoms with van der Waals surface area (Å²) in [5.74, 6) is 0. The van der Waals surface area contributed by atoms with E-state index in [0.29, 0.717) is 12.1 Å². The van der Waals surface area contributed by atoms with Crippen LogP contribution in [0.4, 0.5) is 0 Å². The summed E-state index contributed by atoms with van der Waals surface area (Å²) >= 11 is 0. The highest BCUT2D eigenvalue weighted by Gasteiger charge is 2.17. The molecular weight excluding hydrogens is 162 g/mol. The molecule has 0 aromatic heterocycles. The normalized spacial score (nSPS) is 29.1. The first-order valence-electron chi connectivity index (χ1n) is 5.68. The molecule has 78 valence electrons. The number of ether oxygens (including phenoxy) is 1. The van der Waals surface area contributed by atoms with E-state index >= 15 is 0 Å². The van der Waals surface area contributed by atoms with E-state index in [4.69, 9.17) is 4.74 Å². The summed E-state index contributed by atoms with van der Waals surface area (Å²) in [6.07, 6.45) is 6.72. The van der Waals surface area contributed by atoms with Crippen LogP contribution in [-0.2, 0) is 4.74 Å². The van der Waals surface area contributed by atoms with Crippen LogP contribution in [0, 0.1) is 0 Å². The largest absolute Gasteiger partial charge is 0.378 e. The molecular formula is C11H23NO. The van der Waals surface area contributed by atoms with E-state index in [9.17, 15) is 0 Å². The minimum absolute atomic E-state index is 0.521. The summed E-state index contributed by atoms with van der Waals surface area (Å²) in [4.78, 5) is 0. The van der Waals surface area contributed by atoms with Crippen molar-refractivity contribution in [1.29, 1.82) is 0 Å². The molecule has 0 aromatic carbocycles. The van der Waals surface area contributed by atoms with Gasteiger partial charge in [-0.25, -0.2) is 0 Å². The molecule has 13 heavy (non-hydrogen) atoms. The Morgan fingerprint density at radius 3 is 2.92 bits per heavy atom. The van der Waals surface area contributed by atoms with E-state index in [0.717, 1.165) is 13.2 Å². The van der Waals surface area contributed by atoms with Gasteiger partial charge in [0.2, 0.25) is 0 Å². The molecule has 2 heteroatoms. The van der Waals surface area contributed by atoms with Crippen LogP contribution in [0.1, 0.15) is 46.0 Å². The zero-order chi connectivity index (χ0) is 9.52. The van der Waals surface area contributed by atoms with Gasteiger partial charge in [0.15, 0.2) is 0 Å². The van der Waals surface area contributed by atoms with Gasteiger partial charge in [-0.3, -0.25) is 0 Å². The molecule has 1 heterocycles. The lowest BCUT2D eigenvalue weighted by Gasteiger charge is -2.28. The summed E-state index contributed by atoms with van der Waals surface area (Å²) in [6.45, 7) is 6.55. The Morgan fingerprint density at radius 1 is 1.38 bits per heavy atom. The molecule has 1 rings (SSSR count). The molecule has 1 aliphatic rings. The highest BCUT2D eigenvalue weighted by molar-refractivity contribution is 4.75. The average Bonchev–Trinajstić information content (AvgIpc) is 2.13. The van der Waals surface area contributed by atoms with Crippen molar-refractivity contribution in [3.63, 3.8) is 0 Å². The minimum atomic E-state index is 0.521. The van der Waals surface area contributed by atoms with Crippen molar-refractivity contribution in [3.8, 4) is 0 Å². The SMILES string of the molecule is CCCCCOC1CCNC(C)C1. The smallest absolute Gasteiger partial charge is 0.0602 e. The standard InChI is InChI=1S/C11H23NO/c1-3-4-5-8-13-11-6-7-12-10(2)9-11/h10-12H,3-9H2,1-2H3. The van der Waals surface area contributed by atoms with E-state index in [1.807, 2.05) is 0 Å². The van der Waals surface area contributed by atoms with Gasteiger partial charge in [-0.05, 0) is 32.7 Å². The van der Waals surface area contributed by atoms with E-state index in [-0.39, 0.29) is 0 Å². The number of rotatable bonds is 5. The van der Waals surface area contributed by atoms with Gasteiger partial charge in [0.1, 0.15) is 0 Å². The van der Waals surface area contributed by atoms with Gasteiger partial charge in [0.05, 0.1) is 6.10 Å². The van der Waals surface area contributed by atoms with Crippen molar-refractivity contribution in [2.75, 3.05) is 13.2 Å². The predicted molar refractivity (Wildman–Crippen MR) is 56.0 cm³/mol. The monoisotopic (exact) mass is 185 g/mol. The lowest BCUT2D eigenvalue weighted by Crippen LogP contribution is -2.39. The summed E-state index contributed by atoms with van der Waals surface area (Å²) < 4.78 is 5.82. The molecule has 1 saturated heterocycles. The molecule has 2 unspecified atom stereocenters. The molecule has 0 aromatic rings. The molecule has 1 fully saturated rings. The van der Waals surface area contributed by atoms with Crippen LogP contribution in [0.15, 0.2) is 0 Å². The Kier molecular flexibility index (Phi) is 5.40.